The number of benzene rings is 2. The van der Waals surface area contributed by atoms with Crippen LogP contribution in [0.2, 0.25) is 0 Å². The van der Waals surface area contributed by atoms with E-state index in [0.29, 0.717) is 0 Å². The van der Waals surface area contributed by atoms with E-state index in [-0.39, 0.29) is 0 Å². The van der Waals surface area contributed by atoms with E-state index in [9.17, 15) is 0 Å². The lowest BCUT2D eigenvalue weighted by atomic mass is 10.1. The third kappa shape index (κ3) is 3.80. The number of hydrogen-bond donors (Lipinski definition) is 1. The normalized spacial score (nSPS) is 14.2. The Bertz CT molecular complexity index is 622. The predicted octanol–water partition coefficient (Wildman–Crippen LogP) is 4.76. The SMILES string of the molecule is CSc1ccccc1Oc1cc(CNC2CC2)ccc1C. The molecule has 1 N–H and O–H groups in total. The van der Waals surface area contributed by atoms with Crippen LogP contribution in [0, 0.1) is 6.92 Å². The summed E-state index contributed by atoms with van der Waals surface area (Å²) in [5, 5.41) is 3.55. The van der Waals surface area contributed by atoms with E-state index in [1.165, 1.54) is 28.9 Å². The summed E-state index contributed by atoms with van der Waals surface area (Å²) in [5.74, 6) is 1.88. The fourth-order valence-corrected chi connectivity index (χ4v) is 2.76. The van der Waals surface area contributed by atoms with Crippen LogP contribution in [0.25, 0.3) is 0 Å². The summed E-state index contributed by atoms with van der Waals surface area (Å²) in [7, 11) is 0. The fraction of sp³-hybridized carbons (Fsp3) is 0.333. The molecular formula is C18H21NOS. The summed E-state index contributed by atoms with van der Waals surface area (Å²) in [5.41, 5.74) is 2.45. The molecule has 0 heterocycles. The summed E-state index contributed by atoms with van der Waals surface area (Å²) in [6, 6.07) is 15.4. The van der Waals surface area contributed by atoms with Gasteiger partial charge in [0.15, 0.2) is 0 Å². The Balaban J connectivity index is 1.78. The van der Waals surface area contributed by atoms with Gasteiger partial charge in [-0.1, -0.05) is 24.3 Å². The van der Waals surface area contributed by atoms with Gasteiger partial charge in [0, 0.05) is 17.5 Å². The average Bonchev–Trinajstić information content (AvgIpc) is 3.33. The van der Waals surface area contributed by atoms with Crippen LogP contribution in [0.4, 0.5) is 0 Å². The first-order chi connectivity index (χ1) is 10.3. The van der Waals surface area contributed by atoms with Gasteiger partial charge in [0.25, 0.3) is 0 Å². The Morgan fingerprint density at radius 3 is 2.71 bits per heavy atom. The van der Waals surface area contributed by atoms with Gasteiger partial charge >= 0.3 is 0 Å². The maximum Gasteiger partial charge on any atom is 0.140 e. The van der Waals surface area contributed by atoms with Crippen LogP contribution in [-0.2, 0) is 6.54 Å². The number of hydrogen-bond acceptors (Lipinski definition) is 3. The lowest BCUT2D eigenvalue weighted by molar-refractivity contribution is 0.466. The molecule has 0 unspecified atom stereocenters. The topological polar surface area (TPSA) is 21.3 Å². The molecule has 1 aliphatic carbocycles. The minimum atomic E-state index is 0.730. The number of ether oxygens (including phenoxy) is 1. The molecule has 0 amide bonds. The predicted molar refractivity (Wildman–Crippen MR) is 89.3 cm³/mol. The molecule has 1 aliphatic rings. The summed E-state index contributed by atoms with van der Waals surface area (Å²) < 4.78 is 6.15. The van der Waals surface area contributed by atoms with Crippen molar-refractivity contribution in [3.63, 3.8) is 0 Å². The molecule has 2 nitrogen and oxygen atoms in total. The average molecular weight is 299 g/mol. The lowest BCUT2D eigenvalue weighted by Gasteiger charge is -2.13. The molecular weight excluding hydrogens is 278 g/mol. The second-order valence-electron chi connectivity index (χ2n) is 5.51. The van der Waals surface area contributed by atoms with E-state index in [1.807, 2.05) is 18.2 Å². The van der Waals surface area contributed by atoms with Gasteiger partial charge in [-0.3, -0.25) is 0 Å². The molecule has 3 rings (SSSR count). The van der Waals surface area contributed by atoms with Gasteiger partial charge in [-0.05, 0) is 55.3 Å². The first-order valence-electron chi connectivity index (χ1n) is 7.40. The Morgan fingerprint density at radius 2 is 1.95 bits per heavy atom. The molecule has 0 aliphatic heterocycles. The van der Waals surface area contributed by atoms with Crippen molar-refractivity contribution in [2.75, 3.05) is 6.26 Å². The molecule has 2 aromatic rings. The van der Waals surface area contributed by atoms with Crippen molar-refractivity contribution in [3.8, 4) is 11.5 Å². The smallest absolute Gasteiger partial charge is 0.140 e. The van der Waals surface area contributed by atoms with Crippen LogP contribution in [0.1, 0.15) is 24.0 Å². The van der Waals surface area contributed by atoms with Crippen LogP contribution < -0.4 is 10.1 Å². The molecule has 2 aromatic carbocycles. The maximum absolute atomic E-state index is 6.15. The van der Waals surface area contributed by atoms with Crippen molar-refractivity contribution in [1.29, 1.82) is 0 Å². The molecule has 1 fully saturated rings. The zero-order valence-electron chi connectivity index (χ0n) is 12.6. The molecule has 110 valence electrons. The molecule has 1 saturated carbocycles. The highest BCUT2D eigenvalue weighted by atomic mass is 32.2. The second kappa shape index (κ2) is 6.54. The van der Waals surface area contributed by atoms with Crippen LogP contribution in [-0.4, -0.2) is 12.3 Å². The van der Waals surface area contributed by atoms with Gasteiger partial charge in [-0.2, -0.15) is 0 Å². The fourth-order valence-electron chi connectivity index (χ4n) is 2.24. The van der Waals surface area contributed by atoms with Crippen LogP contribution in [0.3, 0.4) is 0 Å². The number of thioether (sulfide) groups is 1. The Morgan fingerprint density at radius 1 is 1.14 bits per heavy atom. The molecule has 0 radical (unpaired) electrons. The molecule has 21 heavy (non-hydrogen) atoms. The lowest BCUT2D eigenvalue weighted by Crippen LogP contribution is -2.15. The first-order valence-corrected chi connectivity index (χ1v) is 8.62. The van der Waals surface area contributed by atoms with Crippen molar-refractivity contribution in [2.45, 2.75) is 37.2 Å². The van der Waals surface area contributed by atoms with Gasteiger partial charge in [0.1, 0.15) is 11.5 Å². The van der Waals surface area contributed by atoms with E-state index in [0.717, 1.165) is 24.1 Å². The van der Waals surface area contributed by atoms with Crippen molar-refractivity contribution in [1.82, 2.24) is 5.32 Å². The Hall–Kier alpha value is -1.45. The van der Waals surface area contributed by atoms with Gasteiger partial charge in [0.2, 0.25) is 0 Å². The van der Waals surface area contributed by atoms with E-state index in [4.69, 9.17) is 4.74 Å². The number of nitrogens with one attached hydrogen (secondary N) is 1. The molecule has 0 atom stereocenters. The Labute approximate surface area is 130 Å². The van der Waals surface area contributed by atoms with Crippen molar-refractivity contribution >= 4 is 11.8 Å². The monoisotopic (exact) mass is 299 g/mol. The zero-order chi connectivity index (χ0) is 14.7. The highest BCUT2D eigenvalue weighted by molar-refractivity contribution is 7.98. The minimum Gasteiger partial charge on any atom is -0.456 e. The highest BCUT2D eigenvalue weighted by Crippen LogP contribution is 2.33. The van der Waals surface area contributed by atoms with Crippen molar-refractivity contribution < 1.29 is 4.74 Å². The van der Waals surface area contributed by atoms with Crippen molar-refractivity contribution in [2.24, 2.45) is 0 Å². The summed E-state index contributed by atoms with van der Waals surface area (Å²) in [4.78, 5) is 1.17. The molecule has 0 bridgehead atoms. The molecule has 3 heteroatoms. The number of aryl methyl sites for hydroxylation is 1. The van der Waals surface area contributed by atoms with Crippen LogP contribution >= 0.6 is 11.8 Å². The molecule has 0 aromatic heterocycles. The third-order valence-corrected chi connectivity index (χ3v) is 4.49. The number of para-hydroxylation sites is 1. The quantitative estimate of drug-likeness (QED) is 0.777. The van der Waals surface area contributed by atoms with E-state index < -0.39 is 0 Å². The first kappa shape index (κ1) is 14.5. The van der Waals surface area contributed by atoms with E-state index in [1.54, 1.807) is 11.8 Å². The molecule has 0 spiro atoms. The van der Waals surface area contributed by atoms with Gasteiger partial charge in [-0.25, -0.2) is 0 Å². The summed E-state index contributed by atoms with van der Waals surface area (Å²) in [6.45, 7) is 3.01. The van der Waals surface area contributed by atoms with Crippen LogP contribution in [0.15, 0.2) is 47.4 Å². The number of rotatable bonds is 6. The zero-order valence-corrected chi connectivity index (χ0v) is 13.4. The van der Waals surface area contributed by atoms with E-state index >= 15 is 0 Å². The largest absolute Gasteiger partial charge is 0.456 e. The van der Waals surface area contributed by atoms with Gasteiger partial charge in [0.05, 0.1) is 0 Å². The van der Waals surface area contributed by atoms with E-state index in [2.05, 4.69) is 42.8 Å². The van der Waals surface area contributed by atoms with Crippen molar-refractivity contribution in [3.05, 3.63) is 53.6 Å². The minimum absolute atomic E-state index is 0.730. The second-order valence-corrected chi connectivity index (χ2v) is 6.36. The standard InChI is InChI=1S/C18H21NOS/c1-13-7-8-14(12-19-15-9-10-15)11-17(13)20-16-5-3-4-6-18(16)21-2/h3-8,11,15,19H,9-10,12H2,1-2H3. The highest BCUT2D eigenvalue weighted by Gasteiger charge is 2.20. The van der Waals surface area contributed by atoms with Crippen LogP contribution in [0.5, 0.6) is 11.5 Å². The molecule has 0 saturated heterocycles. The Kier molecular flexibility index (Phi) is 4.51. The maximum atomic E-state index is 6.15. The van der Waals surface area contributed by atoms with Gasteiger partial charge in [-0.15, -0.1) is 11.8 Å². The summed E-state index contributed by atoms with van der Waals surface area (Å²) >= 11 is 1.71. The van der Waals surface area contributed by atoms with Gasteiger partial charge < -0.3 is 10.1 Å². The third-order valence-electron chi connectivity index (χ3n) is 3.71. The summed E-state index contributed by atoms with van der Waals surface area (Å²) in [6.07, 6.45) is 4.71.